The van der Waals surface area contributed by atoms with Crippen LogP contribution in [0.2, 0.25) is 0 Å². The summed E-state index contributed by atoms with van der Waals surface area (Å²) in [4.78, 5) is 62.8. The van der Waals surface area contributed by atoms with Crippen LogP contribution in [0.1, 0.15) is 82.6 Å². The van der Waals surface area contributed by atoms with Crippen molar-refractivity contribution in [1.82, 2.24) is 30.2 Å². The van der Waals surface area contributed by atoms with Gasteiger partial charge in [-0.1, -0.05) is 0 Å². The van der Waals surface area contributed by atoms with Crippen molar-refractivity contribution in [2.24, 2.45) is 0 Å². The summed E-state index contributed by atoms with van der Waals surface area (Å²) < 4.78 is 24.2. The second-order valence-electron chi connectivity index (χ2n) is 13.5. The Bertz CT molecular complexity index is 1920. The Balaban J connectivity index is 1.27. The van der Waals surface area contributed by atoms with Gasteiger partial charge in [-0.05, 0) is 20.8 Å². The second kappa shape index (κ2) is 16.2. The molecule has 1 saturated carbocycles. The number of esters is 1. The number of rotatable bonds is 12. The first-order valence-corrected chi connectivity index (χ1v) is 19.2. The van der Waals surface area contributed by atoms with E-state index in [2.05, 4.69) is 20.8 Å². The first-order chi connectivity index (χ1) is 23.8. The molecule has 2 amide bonds. The van der Waals surface area contributed by atoms with Gasteiger partial charge >= 0.3 is 214 Å². The summed E-state index contributed by atoms with van der Waals surface area (Å²) in [5.74, 6) is -2.47. The van der Waals surface area contributed by atoms with Gasteiger partial charge in [-0.3, -0.25) is 14.4 Å². The molecule has 1 aliphatic rings. The fourth-order valence-electron chi connectivity index (χ4n) is 6.07. The zero-order chi connectivity index (χ0) is 36.0. The summed E-state index contributed by atoms with van der Waals surface area (Å²) in [6.07, 6.45) is 8.73. The van der Waals surface area contributed by atoms with Crippen LogP contribution in [-0.4, -0.2) is 69.7 Å². The second-order valence-corrected chi connectivity index (χ2v) is 17.1. The van der Waals surface area contributed by atoms with Gasteiger partial charge in [-0.2, -0.15) is 0 Å². The van der Waals surface area contributed by atoms with E-state index in [1.807, 2.05) is 0 Å². The van der Waals surface area contributed by atoms with Crippen molar-refractivity contribution in [1.29, 1.82) is 0 Å². The van der Waals surface area contributed by atoms with Crippen molar-refractivity contribution in [3.8, 4) is 11.1 Å². The molecule has 5 rings (SSSR count). The zero-order valence-electron chi connectivity index (χ0n) is 28.8. The molecule has 0 aliphatic heterocycles. The van der Waals surface area contributed by atoms with Crippen molar-refractivity contribution >= 4 is 49.3 Å². The van der Waals surface area contributed by atoms with Gasteiger partial charge in [-0.15, -0.1) is 0 Å². The molecule has 2 aromatic heterocycles. The minimum atomic E-state index is -0.684. The van der Waals surface area contributed by atoms with Gasteiger partial charge in [0.2, 0.25) is 11.8 Å². The Kier molecular flexibility index (Phi) is 12.0. The molecule has 268 valence electrons. The van der Waals surface area contributed by atoms with Crippen LogP contribution in [0, 0.1) is 12.7 Å². The van der Waals surface area contributed by atoms with E-state index in [4.69, 9.17) is 4.74 Å². The molecule has 4 aromatic rings. The van der Waals surface area contributed by atoms with Crippen LogP contribution < -0.4 is 31.8 Å². The first-order valence-electron chi connectivity index (χ1n) is 16.9. The maximum absolute atomic E-state index is 15.6. The molecule has 12 nitrogen and oxygen atoms in total. The van der Waals surface area contributed by atoms with Gasteiger partial charge in [0.25, 0.3) is 0 Å². The number of ether oxygens (including phenoxy) is 1. The molecular formula is C36H43FIN6O6-. The van der Waals surface area contributed by atoms with Crippen LogP contribution in [-0.2, 0) is 30.5 Å². The number of nitrogens with zero attached hydrogens (tertiary/aromatic N) is 4. The number of aromatic nitrogens is 4. The molecular weight excluding hydrogens is 758 g/mol. The van der Waals surface area contributed by atoms with E-state index < -0.39 is 50.4 Å². The van der Waals surface area contributed by atoms with Crippen molar-refractivity contribution in [3.05, 3.63) is 48.0 Å². The summed E-state index contributed by atoms with van der Waals surface area (Å²) >= 11 is -0.618. The van der Waals surface area contributed by atoms with Gasteiger partial charge in [0.15, 0.2) is 0 Å². The first kappa shape index (κ1) is 37.1. The molecule has 1 aliphatic carbocycles. The molecule has 0 spiro atoms. The number of carbonyl (C=O) groups is 5. The molecule has 0 atom stereocenters. The van der Waals surface area contributed by atoms with Crippen LogP contribution in [0.4, 0.5) is 4.39 Å². The van der Waals surface area contributed by atoms with E-state index >= 15 is 4.39 Å². The van der Waals surface area contributed by atoms with Crippen LogP contribution in [0.25, 0.3) is 32.9 Å². The molecule has 50 heavy (non-hydrogen) atoms. The third kappa shape index (κ3) is 9.52. The molecule has 2 aromatic carbocycles. The Morgan fingerprint density at radius 3 is 2.38 bits per heavy atom. The third-order valence-corrected chi connectivity index (χ3v) is 11.7. The van der Waals surface area contributed by atoms with Gasteiger partial charge in [0.05, 0.1) is 6.54 Å². The fraction of sp³-hybridized carbons (Fsp3) is 0.472. The van der Waals surface area contributed by atoms with E-state index in [1.54, 1.807) is 52.0 Å². The van der Waals surface area contributed by atoms with Crippen LogP contribution >= 0.6 is 0 Å². The van der Waals surface area contributed by atoms with Crippen molar-refractivity contribution in [3.63, 3.8) is 0 Å². The number of hydrogen-bond donors (Lipinski definition) is 2. The molecule has 1 fully saturated rings. The number of fused-ring (bicyclic) bond motifs is 2. The minimum absolute atomic E-state index is 0.0453. The summed E-state index contributed by atoms with van der Waals surface area (Å²) in [5, 5.41) is 14.8. The Hall–Kier alpha value is -4.21. The quantitative estimate of drug-likeness (QED) is 0.0724. The van der Waals surface area contributed by atoms with E-state index in [0.29, 0.717) is 37.0 Å². The number of nitrogens with one attached hydrogen (secondary N) is 2. The van der Waals surface area contributed by atoms with E-state index in [-0.39, 0.29) is 47.7 Å². The summed E-state index contributed by atoms with van der Waals surface area (Å²) in [7, 11) is 0. The van der Waals surface area contributed by atoms with Crippen molar-refractivity contribution in [2.45, 2.75) is 95.1 Å². The fourth-order valence-corrected chi connectivity index (χ4v) is 9.14. The third-order valence-electron chi connectivity index (χ3n) is 8.32. The number of alkyl halides is 1. The molecule has 2 heterocycles. The number of amides is 2. The molecule has 14 heteroatoms. The Labute approximate surface area is 300 Å². The number of hydrogen-bond acceptors (Lipinski definition) is 8. The van der Waals surface area contributed by atoms with Crippen LogP contribution in [0.5, 0.6) is 0 Å². The van der Waals surface area contributed by atoms with Crippen LogP contribution in [0.3, 0.4) is 0 Å². The van der Waals surface area contributed by atoms with Gasteiger partial charge in [0.1, 0.15) is 18.7 Å². The van der Waals surface area contributed by atoms with E-state index in [1.165, 1.54) is 47.3 Å². The number of aryl methyl sites for hydroxylation is 1. The zero-order valence-corrected chi connectivity index (χ0v) is 31.0. The topological polar surface area (TPSA) is 154 Å². The van der Waals surface area contributed by atoms with E-state index in [9.17, 15) is 24.0 Å². The number of halogens is 2. The predicted molar refractivity (Wildman–Crippen MR) is 181 cm³/mol. The Morgan fingerprint density at radius 2 is 1.66 bits per heavy atom. The van der Waals surface area contributed by atoms with Crippen LogP contribution in [0.15, 0.2) is 36.5 Å². The monoisotopic (exact) mass is 801 g/mol. The van der Waals surface area contributed by atoms with Gasteiger partial charge in [0, 0.05) is 0 Å². The molecule has 0 unspecified atom stereocenters. The maximum atomic E-state index is 15.6. The summed E-state index contributed by atoms with van der Waals surface area (Å²) in [6, 6.07) is 8.16. The molecule has 2 N–H and O–H groups in total. The molecule has 0 saturated heterocycles. The Morgan fingerprint density at radius 1 is 0.940 bits per heavy atom. The van der Waals surface area contributed by atoms with E-state index in [0.717, 1.165) is 12.8 Å². The number of benzene rings is 2. The standard InChI is InChI=1S/C36H43FIN6O6/c1-22-35-25(12-9-13-28(35)43(42-22)21-32(47)39-19-31(46)40-20-34(49)50-36(2,3)4)26-17-29-23(16-27(26)37)18-41-44(29)33(48)15-14-30(45)38-24-10-7-5-6-8-11-24/h9,12-13,16-18,24H,5-8,10-11,14-15,19-21H2,1-4H3,(H,39,47)(H,40,46)/q-1. The normalized spacial score (nSPS) is 14.1. The van der Waals surface area contributed by atoms with Gasteiger partial charge in [-0.25, -0.2) is 0 Å². The van der Waals surface area contributed by atoms with Crippen molar-refractivity contribution in [2.75, 3.05) is 13.1 Å². The van der Waals surface area contributed by atoms with Gasteiger partial charge < -0.3 is 15.4 Å². The van der Waals surface area contributed by atoms with Crippen molar-refractivity contribution < 1.29 is 54.3 Å². The molecule has 0 radical (unpaired) electrons. The summed E-state index contributed by atoms with van der Waals surface area (Å²) in [6.45, 7) is 6.03. The predicted octanol–water partition coefficient (Wildman–Crippen LogP) is 1.83. The summed E-state index contributed by atoms with van der Waals surface area (Å²) in [5.41, 5.74) is 1.64. The average Bonchev–Trinajstić information content (AvgIpc) is 3.49. The SMILES string of the molecule is Cc1nn(CC(=O)NCC(=O)NCC(=O)OC(C)(C)C)c2cccc(-c3cc4c(cnn4C(=O)CCC(=O)[I-]C4CCCCCC4)cc3F)c12. The number of carbonyl (C=O) groups excluding carboxylic acids is 5. The molecule has 0 bridgehead atoms. The average molecular weight is 802 g/mol.